The fourth-order valence-electron chi connectivity index (χ4n) is 1.99. The molecule has 1 aliphatic rings. The molecular formula is C13H15NO3. The van der Waals surface area contributed by atoms with Gasteiger partial charge < -0.3 is 9.64 Å². The van der Waals surface area contributed by atoms with Crippen LogP contribution in [-0.2, 0) is 16.0 Å². The van der Waals surface area contributed by atoms with Gasteiger partial charge in [0.15, 0.2) is 0 Å². The van der Waals surface area contributed by atoms with Crippen LogP contribution in [0.4, 0.5) is 5.69 Å². The highest BCUT2D eigenvalue weighted by molar-refractivity contribution is 6.40. The Hall–Kier alpha value is -1.84. The van der Waals surface area contributed by atoms with Crippen LogP contribution in [0.2, 0.25) is 0 Å². The molecule has 0 radical (unpaired) electrons. The largest absolute Gasteiger partial charge is 0.460 e. The quantitative estimate of drug-likeness (QED) is 0.450. The summed E-state index contributed by atoms with van der Waals surface area (Å²) >= 11 is 0. The first kappa shape index (κ1) is 11.6. The third-order valence-electron chi connectivity index (χ3n) is 2.94. The fraction of sp³-hybridized carbons (Fsp3) is 0.385. The van der Waals surface area contributed by atoms with Crippen molar-refractivity contribution in [1.82, 2.24) is 0 Å². The highest BCUT2D eigenvalue weighted by atomic mass is 16.5. The maximum absolute atomic E-state index is 11.7. The number of rotatable bonds is 3. The van der Waals surface area contributed by atoms with E-state index in [1.54, 1.807) is 19.1 Å². The number of hydrogen-bond donors (Lipinski definition) is 0. The second-order valence-electron chi connectivity index (χ2n) is 4.06. The van der Waals surface area contributed by atoms with Gasteiger partial charge in [-0.3, -0.25) is 4.79 Å². The Bertz CT molecular complexity index is 468. The summed E-state index contributed by atoms with van der Waals surface area (Å²) in [6.45, 7) is 2.85. The first-order valence-electron chi connectivity index (χ1n) is 5.69. The van der Waals surface area contributed by atoms with Crippen molar-refractivity contribution in [2.24, 2.45) is 0 Å². The van der Waals surface area contributed by atoms with Gasteiger partial charge >= 0.3 is 5.97 Å². The molecule has 90 valence electrons. The van der Waals surface area contributed by atoms with Gasteiger partial charge in [0.2, 0.25) is 0 Å². The number of carbonyl (C=O) groups is 2. The summed E-state index contributed by atoms with van der Waals surface area (Å²) in [5.74, 6) is -1.36. The van der Waals surface area contributed by atoms with Crippen molar-refractivity contribution < 1.29 is 14.3 Å². The number of hydrogen-bond acceptors (Lipinski definition) is 4. The molecule has 0 aromatic heterocycles. The van der Waals surface area contributed by atoms with Gasteiger partial charge in [0.25, 0.3) is 5.78 Å². The van der Waals surface area contributed by atoms with E-state index in [1.165, 1.54) is 5.56 Å². The zero-order valence-electron chi connectivity index (χ0n) is 10.0. The third kappa shape index (κ3) is 2.16. The Morgan fingerprint density at radius 2 is 2.18 bits per heavy atom. The number of benzene rings is 1. The molecule has 0 saturated carbocycles. The van der Waals surface area contributed by atoms with E-state index in [0.29, 0.717) is 5.56 Å². The van der Waals surface area contributed by atoms with Crippen LogP contribution in [0, 0.1) is 0 Å². The second kappa shape index (κ2) is 4.57. The number of anilines is 1. The van der Waals surface area contributed by atoms with E-state index in [0.717, 1.165) is 18.7 Å². The number of likely N-dealkylation sites (N-methyl/N-ethyl adjacent to an activating group) is 1. The van der Waals surface area contributed by atoms with Crippen LogP contribution in [0.3, 0.4) is 0 Å². The highest BCUT2D eigenvalue weighted by Gasteiger charge is 2.21. The van der Waals surface area contributed by atoms with E-state index in [-0.39, 0.29) is 6.61 Å². The van der Waals surface area contributed by atoms with Gasteiger partial charge in [0.1, 0.15) is 0 Å². The molecule has 4 nitrogen and oxygen atoms in total. The van der Waals surface area contributed by atoms with E-state index in [9.17, 15) is 9.59 Å². The van der Waals surface area contributed by atoms with E-state index in [1.807, 2.05) is 13.1 Å². The number of esters is 1. The summed E-state index contributed by atoms with van der Waals surface area (Å²) in [5, 5.41) is 0. The molecule has 1 aromatic rings. The molecule has 2 rings (SSSR count). The molecule has 0 atom stereocenters. The Morgan fingerprint density at radius 1 is 1.41 bits per heavy atom. The van der Waals surface area contributed by atoms with Gasteiger partial charge in [-0.2, -0.15) is 0 Å². The van der Waals surface area contributed by atoms with Gasteiger partial charge in [-0.1, -0.05) is 12.1 Å². The standard InChI is InChI=1S/C13H15NO3/c1-3-17-13(16)12(15)10-5-4-9-6-7-14(2)11(9)8-10/h4-5,8H,3,6-7H2,1-2H3. The Kier molecular flexibility index (Phi) is 3.13. The third-order valence-corrected chi connectivity index (χ3v) is 2.94. The van der Waals surface area contributed by atoms with Crippen LogP contribution in [0.1, 0.15) is 22.8 Å². The second-order valence-corrected chi connectivity index (χ2v) is 4.06. The van der Waals surface area contributed by atoms with Gasteiger partial charge in [-0.15, -0.1) is 0 Å². The molecule has 17 heavy (non-hydrogen) atoms. The van der Waals surface area contributed by atoms with Crippen molar-refractivity contribution in [2.75, 3.05) is 25.1 Å². The number of fused-ring (bicyclic) bond motifs is 1. The number of Topliss-reactive ketones (excluding diaryl/α,β-unsaturated/α-hetero) is 1. The number of nitrogens with zero attached hydrogens (tertiary/aromatic N) is 1. The minimum atomic E-state index is -0.784. The maximum atomic E-state index is 11.7. The van der Waals surface area contributed by atoms with Crippen LogP contribution in [0.15, 0.2) is 18.2 Å². The normalized spacial score (nSPS) is 13.4. The molecule has 0 N–H and O–H groups in total. The van der Waals surface area contributed by atoms with E-state index >= 15 is 0 Å². The molecule has 4 heteroatoms. The average molecular weight is 233 g/mol. The Balaban J connectivity index is 2.26. The smallest absolute Gasteiger partial charge is 0.379 e. The van der Waals surface area contributed by atoms with Gasteiger partial charge in [-0.25, -0.2) is 4.79 Å². The summed E-state index contributed by atoms with van der Waals surface area (Å²) in [6.07, 6.45) is 0.986. The van der Waals surface area contributed by atoms with Gasteiger partial charge in [-0.05, 0) is 25.0 Å². The first-order valence-corrected chi connectivity index (χ1v) is 5.69. The van der Waals surface area contributed by atoms with Crippen LogP contribution < -0.4 is 4.90 Å². The van der Waals surface area contributed by atoms with Crippen molar-refractivity contribution in [3.63, 3.8) is 0 Å². The maximum Gasteiger partial charge on any atom is 0.379 e. The molecule has 0 unspecified atom stereocenters. The minimum absolute atomic E-state index is 0.218. The van der Waals surface area contributed by atoms with Crippen molar-refractivity contribution in [3.8, 4) is 0 Å². The number of ketones is 1. The van der Waals surface area contributed by atoms with Crippen LogP contribution in [-0.4, -0.2) is 32.0 Å². The molecule has 0 fully saturated rings. The van der Waals surface area contributed by atoms with Gasteiger partial charge in [0, 0.05) is 24.8 Å². The molecule has 0 aliphatic carbocycles. The predicted octanol–water partition coefficient (Wildman–Crippen LogP) is 1.42. The Morgan fingerprint density at radius 3 is 2.88 bits per heavy atom. The molecule has 0 saturated heterocycles. The number of carbonyl (C=O) groups excluding carboxylic acids is 2. The number of ether oxygens (including phenoxy) is 1. The van der Waals surface area contributed by atoms with Gasteiger partial charge in [0.05, 0.1) is 6.61 Å². The lowest BCUT2D eigenvalue weighted by Gasteiger charge is -2.12. The molecule has 0 bridgehead atoms. The lowest BCUT2D eigenvalue weighted by Crippen LogP contribution is -2.18. The highest BCUT2D eigenvalue weighted by Crippen LogP contribution is 2.27. The summed E-state index contributed by atoms with van der Waals surface area (Å²) < 4.78 is 4.70. The van der Waals surface area contributed by atoms with E-state index in [4.69, 9.17) is 4.74 Å². The first-order chi connectivity index (χ1) is 8.13. The topological polar surface area (TPSA) is 46.6 Å². The monoisotopic (exact) mass is 233 g/mol. The zero-order chi connectivity index (χ0) is 12.4. The van der Waals surface area contributed by atoms with E-state index < -0.39 is 11.8 Å². The van der Waals surface area contributed by atoms with Crippen molar-refractivity contribution in [1.29, 1.82) is 0 Å². The average Bonchev–Trinajstić information content (AvgIpc) is 2.70. The Labute approximate surface area is 100 Å². The lowest BCUT2D eigenvalue weighted by atomic mass is 10.1. The van der Waals surface area contributed by atoms with Crippen molar-refractivity contribution in [3.05, 3.63) is 29.3 Å². The van der Waals surface area contributed by atoms with Crippen LogP contribution in [0.25, 0.3) is 0 Å². The lowest BCUT2D eigenvalue weighted by molar-refractivity contribution is -0.137. The molecule has 1 heterocycles. The summed E-state index contributed by atoms with van der Waals surface area (Å²) in [5.41, 5.74) is 2.64. The summed E-state index contributed by atoms with van der Waals surface area (Å²) in [6, 6.07) is 5.37. The minimum Gasteiger partial charge on any atom is -0.460 e. The van der Waals surface area contributed by atoms with Crippen LogP contribution >= 0.6 is 0 Å². The summed E-state index contributed by atoms with van der Waals surface area (Å²) in [7, 11) is 1.98. The summed E-state index contributed by atoms with van der Waals surface area (Å²) in [4.78, 5) is 25.2. The SMILES string of the molecule is CCOC(=O)C(=O)c1ccc2c(c1)N(C)CC2. The van der Waals surface area contributed by atoms with Crippen LogP contribution in [0.5, 0.6) is 0 Å². The van der Waals surface area contributed by atoms with E-state index in [2.05, 4.69) is 4.90 Å². The zero-order valence-corrected chi connectivity index (χ0v) is 10.0. The van der Waals surface area contributed by atoms with Crippen molar-refractivity contribution in [2.45, 2.75) is 13.3 Å². The fourth-order valence-corrected chi connectivity index (χ4v) is 1.99. The predicted molar refractivity (Wildman–Crippen MR) is 64.4 cm³/mol. The molecule has 0 spiro atoms. The molecule has 1 aliphatic heterocycles. The molecule has 1 aromatic carbocycles. The molecule has 0 amide bonds. The molecular weight excluding hydrogens is 218 g/mol. The van der Waals surface area contributed by atoms with Crippen molar-refractivity contribution >= 4 is 17.4 Å².